The van der Waals surface area contributed by atoms with E-state index in [9.17, 15) is 4.79 Å². The van der Waals surface area contributed by atoms with Crippen molar-refractivity contribution in [1.29, 1.82) is 0 Å². The van der Waals surface area contributed by atoms with Crippen LogP contribution in [-0.2, 0) is 0 Å². The van der Waals surface area contributed by atoms with Crippen LogP contribution in [0.1, 0.15) is 15.9 Å². The van der Waals surface area contributed by atoms with Crippen LogP contribution in [-0.4, -0.2) is 21.0 Å². The van der Waals surface area contributed by atoms with Crippen molar-refractivity contribution < 1.29 is 9.32 Å². The van der Waals surface area contributed by atoms with Crippen LogP contribution < -0.4 is 5.73 Å². The maximum atomic E-state index is 11.6. The number of fused-ring (bicyclic) bond motifs is 1. The highest BCUT2D eigenvalue weighted by atomic mass is 16.5. The zero-order chi connectivity index (χ0) is 16.7. The van der Waals surface area contributed by atoms with Gasteiger partial charge in [-0.25, -0.2) is 4.98 Å². The minimum atomic E-state index is -0.513. The maximum absolute atomic E-state index is 11.6. The van der Waals surface area contributed by atoms with Crippen LogP contribution in [0.3, 0.4) is 0 Å². The van der Waals surface area contributed by atoms with E-state index in [1.165, 1.54) is 0 Å². The van der Waals surface area contributed by atoms with Crippen molar-refractivity contribution in [3.05, 3.63) is 59.7 Å². The lowest BCUT2D eigenvalue weighted by Crippen LogP contribution is -2.11. The molecule has 0 spiro atoms. The van der Waals surface area contributed by atoms with Crippen LogP contribution >= 0.6 is 0 Å². The number of H-pyrrole nitrogens is 1. The molecule has 0 aliphatic heterocycles. The molecular formula is C18H14N4O2. The number of aromatic nitrogens is 3. The Morgan fingerprint density at radius 1 is 1.12 bits per heavy atom. The zero-order valence-corrected chi connectivity index (χ0v) is 12.9. The van der Waals surface area contributed by atoms with E-state index in [4.69, 9.17) is 10.3 Å². The summed E-state index contributed by atoms with van der Waals surface area (Å²) in [5.74, 6) is 0.726. The van der Waals surface area contributed by atoms with Crippen LogP contribution in [0.4, 0.5) is 0 Å². The van der Waals surface area contributed by atoms with E-state index < -0.39 is 5.91 Å². The fraction of sp³-hybridized carbons (Fsp3) is 0.0556. The first-order valence-electron chi connectivity index (χ1n) is 7.46. The van der Waals surface area contributed by atoms with E-state index in [2.05, 4.69) is 15.1 Å². The molecule has 2 aromatic carbocycles. The predicted octanol–water partition coefficient (Wildman–Crippen LogP) is 3.29. The Bertz CT molecular complexity index is 1050. The number of nitrogens with two attached hydrogens (primary N) is 1. The van der Waals surface area contributed by atoms with Crippen molar-refractivity contribution in [2.45, 2.75) is 6.92 Å². The summed E-state index contributed by atoms with van der Waals surface area (Å²) in [5, 5.41) is 4.15. The van der Waals surface area contributed by atoms with E-state index in [-0.39, 0.29) is 0 Å². The highest BCUT2D eigenvalue weighted by Crippen LogP contribution is 2.31. The van der Waals surface area contributed by atoms with E-state index in [1.807, 2.05) is 43.3 Å². The van der Waals surface area contributed by atoms with Crippen molar-refractivity contribution in [3.63, 3.8) is 0 Å². The summed E-state index contributed by atoms with van der Waals surface area (Å²) in [6.07, 6.45) is 0. The summed E-state index contributed by atoms with van der Waals surface area (Å²) in [6, 6.07) is 15.0. The third kappa shape index (κ3) is 2.16. The van der Waals surface area contributed by atoms with Gasteiger partial charge in [-0.1, -0.05) is 41.6 Å². The Balaban J connectivity index is 1.86. The maximum Gasteiger partial charge on any atom is 0.250 e. The average Bonchev–Trinajstić information content (AvgIpc) is 3.18. The molecule has 0 atom stereocenters. The molecule has 118 valence electrons. The molecule has 0 unspecified atom stereocenters. The molecule has 4 rings (SSSR count). The first kappa shape index (κ1) is 14.2. The zero-order valence-electron chi connectivity index (χ0n) is 12.9. The van der Waals surface area contributed by atoms with Crippen LogP contribution in [0, 0.1) is 6.92 Å². The SMILES string of the molecule is Cc1c(-c2nc3c(C(N)=O)cccc3[nH]2)noc1-c1ccccc1. The monoisotopic (exact) mass is 318 g/mol. The molecule has 0 saturated heterocycles. The summed E-state index contributed by atoms with van der Waals surface area (Å²) in [6.45, 7) is 1.93. The first-order valence-corrected chi connectivity index (χ1v) is 7.46. The van der Waals surface area contributed by atoms with Gasteiger partial charge < -0.3 is 15.2 Å². The molecular weight excluding hydrogens is 304 g/mol. The molecule has 0 bridgehead atoms. The summed E-state index contributed by atoms with van der Waals surface area (Å²) in [7, 11) is 0. The molecule has 0 saturated carbocycles. The van der Waals surface area contributed by atoms with Gasteiger partial charge in [-0.15, -0.1) is 0 Å². The van der Waals surface area contributed by atoms with Gasteiger partial charge in [0.25, 0.3) is 5.91 Å². The molecule has 6 heteroatoms. The van der Waals surface area contributed by atoms with Crippen LogP contribution in [0.15, 0.2) is 53.1 Å². The number of para-hydroxylation sites is 1. The number of amides is 1. The van der Waals surface area contributed by atoms with Gasteiger partial charge in [-0.05, 0) is 19.1 Å². The molecule has 1 amide bonds. The number of hydrogen-bond acceptors (Lipinski definition) is 4. The number of primary amides is 1. The van der Waals surface area contributed by atoms with Crippen LogP contribution in [0.25, 0.3) is 33.9 Å². The third-order valence-corrected chi connectivity index (χ3v) is 3.96. The van der Waals surface area contributed by atoms with Crippen molar-refractivity contribution in [1.82, 2.24) is 15.1 Å². The lowest BCUT2D eigenvalue weighted by atomic mass is 10.1. The van der Waals surface area contributed by atoms with E-state index in [0.717, 1.165) is 16.6 Å². The quantitative estimate of drug-likeness (QED) is 0.605. The largest absolute Gasteiger partial charge is 0.366 e. The Morgan fingerprint density at radius 2 is 1.92 bits per heavy atom. The van der Waals surface area contributed by atoms with Gasteiger partial charge in [0, 0.05) is 11.1 Å². The number of carbonyl (C=O) groups excluding carboxylic acids is 1. The van der Waals surface area contributed by atoms with Gasteiger partial charge in [0.2, 0.25) is 0 Å². The average molecular weight is 318 g/mol. The van der Waals surface area contributed by atoms with Crippen molar-refractivity contribution in [2.75, 3.05) is 0 Å². The molecule has 24 heavy (non-hydrogen) atoms. The number of rotatable bonds is 3. The summed E-state index contributed by atoms with van der Waals surface area (Å²) >= 11 is 0. The Morgan fingerprint density at radius 3 is 2.67 bits per heavy atom. The second-order valence-electron chi connectivity index (χ2n) is 5.50. The number of benzene rings is 2. The number of hydrogen-bond donors (Lipinski definition) is 2. The minimum Gasteiger partial charge on any atom is -0.366 e. The molecule has 0 aliphatic rings. The summed E-state index contributed by atoms with van der Waals surface area (Å²) in [4.78, 5) is 19.2. The number of carbonyl (C=O) groups is 1. The van der Waals surface area contributed by atoms with Gasteiger partial charge >= 0.3 is 0 Å². The highest BCUT2D eigenvalue weighted by Gasteiger charge is 2.19. The number of imidazole rings is 1. The standard InChI is InChI=1S/C18H14N4O2/c1-10-14(22-24-16(10)11-6-3-2-4-7-11)18-20-13-9-5-8-12(17(19)23)15(13)21-18/h2-9H,1H3,(H2,19,23)(H,20,21). The minimum absolute atomic E-state index is 0.374. The third-order valence-electron chi connectivity index (χ3n) is 3.96. The topological polar surface area (TPSA) is 97.8 Å². The van der Waals surface area contributed by atoms with Gasteiger partial charge in [-0.2, -0.15) is 0 Å². The van der Waals surface area contributed by atoms with Crippen LogP contribution in [0.5, 0.6) is 0 Å². The first-order chi connectivity index (χ1) is 11.6. The lowest BCUT2D eigenvalue weighted by Gasteiger charge is -1.96. The van der Waals surface area contributed by atoms with E-state index >= 15 is 0 Å². The Labute approximate surface area is 137 Å². The van der Waals surface area contributed by atoms with Gasteiger partial charge in [0.05, 0.1) is 11.1 Å². The fourth-order valence-corrected chi connectivity index (χ4v) is 2.76. The number of nitrogens with zero attached hydrogens (tertiary/aromatic N) is 2. The molecule has 2 heterocycles. The van der Waals surface area contributed by atoms with Crippen molar-refractivity contribution in [2.24, 2.45) is 5.73 Å². The van der Waals surface area contributed by atoms with Gasteiger partial charge in [0.15, 0.2) is 17.3 Å². The lowest BCUT2D eigenvalue weighted by molar-refractivity contribution is 0.100. The molecule has 6 nitrogen and oxygen atoms in total. The summed E-state index contributed by atoms with van der Waals surface area (Å²) in [5.41, 5.74) is 9.48. The smallest absolute Gasteiger partial charge is 0.250 e. The van der Waals surface area contributed by atoms with Crippen molar-refractivity contribution >= 4 is 16.9 Å². The van der Waals surface area contributed by atoms with E-state index in [0.29, 0.717) is 28.4 Å². The fourth-order valence-electron chi connectivity index (χ4n) is 2.76. The molecule has 2 aromatic heterocycles. The second-order valence-corrected chi connectivity index (χ2v) is 5.50. The predicted molar refractivity (Wildman–Crippen MR) is 90.3 cm³/mol. The van der Waals surface area contributed by atoms with Gasteiger partial charge in [0.1, 0.15) is 5.52 Å². The molecule has 0 aliphatic carbocycles. The molecule has 3 N–H and O–H groups in total. The molecule has 0 fully saturated rings. The van der Waals surface area contributed by atoms with Crippen molar-refractivity contribution in [3.8, 4) is 22.8 Å². The normalized spacial score (nSPS) is 11.0. The van der Waals surface area contributed by atoms with Gasteiger partial charge in [-0.3, -0.25) is 4.79 Å². The Hall–Kier alpha value is -3.41. The number of nitrogens with one attached hydrogen (secondary N) is 1. The highest BCUT2D eigenvalue weighted by molar-refractivity contribution is 6.04. The van der Waals surface area contributed by atoms with E-state index in [1.54, 1.807) is 12.1 Å². The second kappa shape index (κ2) is 5.34. The van der Waals surface area contributed by atoms with Crippen LogP contribution in [0.2, 0.25) is 0 Å². The molecule has 4 aromatic rings. The summed E-state index contributed by atoms with van der Waals surface area (Å²) < 4.78 is 5.51. The Kier molecular flexibility index (Phi) is 3.16. The number of aromatic amines is 1. The molecule has 0 radical (unpaired) electrons.